The first-order chi connectivity index (χ1) is 13.2. The molecule has 3 nitrogen and oxygen atoms in total. The zero-order chi connectivity index (χ0) is 18.9. The molecule has 0 radical (unpaired) electrons. The Labute approximate surface area is 164 Å². The van der Waals surface area contributed by atoms with Gasteiger partial charge in [-0.05, 0) is 53.1 Å². The van der Waals surface area contributed by atoms with Gasteiger partial charge in [0.25, 0.3) is 0 Å². The topological polar surface area (TPSA) is 27.7 Å². The summed E-state index contributed by atoms with van der Waals surface area (Å²) in [7, 11) is 5.08. The van der Waals surface area contributed by atoms with Gasteiger partial charge < -0.3 is 14.2 Å². The molecule has 0 unspecified atom stereocenters. The molecule has 0 amide bonds. The van der Waals surface area contributed by atoms with Gasteiger partial charge in [-0.25, -0.2) is 0 Å². The second-order valence-corrected chi connectivity index (χ2v) is 7.81. The standard InChI is InChI=1S/C23H22O3S/c1-24-19-10-4-16(5-11-19)22-23(27-22,17-6-12-20(25-2)13-7-17)18-8-14-21(26-3)15-9-18/h4-15,22H,1-3H3/t22-/m0/s1. The fourth-order valence-electron chi connectivity index (χ4n) is 3.52. The van der Waals surface area contributed by atoms with Gasteiger partial charge in [0.15, 0.2) is 0 Å². The number of hydrogen-bond acceptors (Lipinski definition) is 4. The van der Waals surface area contributed by atoms with Gasteiger partial charge in [-0.15, -0.1) is 11.8 Å². The lowest BCUT2D eigenvalue weighted by Gasteiger charge is -2.18. The molecular formula is C23H22O3S. The third kappa shape index (κ3) is 3.15. The Morgan fingerprint density at radius 1 is 0.593 bits per heavy atom. The summed E-state index contributed by atoms with van der Waals surface area (Å²) in [6.07, 6.45) is 0. The van der Waals surface area contributed by atoms with Crippen molar-refractivity contribution in [2.24, 2.45) is 0 Å². The van der Waals surface area contributed by atoms with Crippen LogP contribution in [0.1, 0.15) is 21.9 Å². The van der Waals surface area contributed by atoms with Crippen LogP contribution < -0.4 is 14.2 Å². The van der Waals surface area contributed by atoms with E-state index in [1.165, 1.54) is 16.7 Å². The summed E-state index contributed by atoms with van der Waals surface area (Å²) in [5, 5.41) is 0.352. The van der Waals surface area contributed by atoms with E-state index < -0.39 is 0 Å². The SMILES string of the molecule is COc1ccc([C@@H]2SC2(c2ccc(OC)cc2)c2ccc(OC)cc2)cc1. The van der Waals surface area contributed by atoms with E-state index in [1.807, 2.05) is 48.2 Å². The average Bonchev–Trinajstić information content (AvgIpc) is 3.51. The molecule has 27 heavy (non-hydrogen) atoms. The maximum absolute atomic E-state index is 5.34. The Kier molecular flexibility index (Phi) is 4.75. The largest absolute Gasteiger partial charge is 0.497 e. The lowest BCUT2D eigenvalue weighted by Crippen LogP contribution is -2.11. The van der Waals surface area contributed by atoms with Crippen LogP contribution in [0.4, 0.5) is 0 Å². The summed E-state index contributed by atoms with van der Waals surface area (Å²) in [6.45, 7) is 0. The summed E-state index contributed by atoms with van der Waals surface area (Å²) < 4.78 is 15.9. The molecule has 1 atom stereocenters. The summed E-state index contributed by atoms with van der Waals surface area (Å²) in [5.41, 5.74) is 3.85. The quantitative estimate of drug-likeness (QED) is 0.534. The first-order valence-electron chi connectivity index (χ1n) is 8.82. The van der Waals surface area contributed by atoms with E-state index in [-0.39, 0.29) is 4.75 Å². The van der Waals surface area contributed by atoms with Crippen molar-refractivity contribution >= 4 is 11.8 Å². The van der Waals surface area contributed by atoms with Gasteiger partial charge in [0.1, 0.15) is 17.2 Å². The lowest BCUT2D eigenvalue weighted by atomic mass is 9.86. The van der Waals surface area contributed by atoms with E-state index in [0.717, 1.165) is 17.2 Å². The highest BCUT2D eigenvalue weighted by molar-refractivity contribution is 8.07. The smallest absolute Gasteiger partial charge is 0.118 e. The molecule has 4 rings (SSSR count). The van der Waals surface area contributed by atoms with Crippen LogP contribution in [0.2, 0.25) is 0 Å². The molecule has 0 N–H and O–H groups in total. The molecule has 1 saturated heterocycles. The molecule has 0 spiro atoms. The maximum atomic E-state index is 5.34. The van der Waals surface area contributed by atoms with Crippen LogP contribution in [0.25, 0.3) is 0 Å². The summed E-state index contributed by atoms with van der Waals surface area (Å²) in [6, 6.07) is 25.2. The minimum absolute atomic E-state index is 0.104. The van der Waals surface area contributed by atoms with Crippen molar-refractivity contribution < 1.29 is 14.2 Å². The fraction of sp³-hybridized carbons (Fsp3) is 0.217. The monoisotopic (exact) mass is 378 g/mol. The van der Waals surface area contributed by atoms with Gasteiger partial charge in [0, 0.05) is 0 Å². The predicted octanol–water partition coefficient (Wildman–Crippen LogP) is 5.44. The Balaban J connectivity index is 1.75. The number of methoxy groups -OCH3 is 3. The number of hydrogen-bond donors (Lipinski definition) is 0. The molecule has 1 fully saturated rings. The van der Waals surface area contributed by atoms with Crippen molar-refractivity contribution in [3.8, 4) is 17.2 Å². The highest BCUT2D eigenvalue weighted by Crippen LogP contribution is 2.74. The molecule has 3 aromatic carbocycles. The van der Waals surface area contributed by atoms with Crippen molar-refractivity contribution in [3.63, 3.8) is 0 Å². The van der Waals surface area contributed by atoms with Crippen LogP contribution >= 0.6 is 11.8 Å². The third-order valence-electron chi connectivity index (χ3n) is 5.07. The Hall–Kier alpha value is -2.59. The van der Waals surface area contributed by atoms with Crippen molar-refractivity contribution in [2.75, 3.05) is 21.3 Å². The second kappa shape index (κ2) is 7.20. The predicted molar refractivity (Wildman–Crippen MR) is 110 cm³/mol. The number of benzene rings is 3. The van der Waals surface area contributed by atoms with Gasteiger partial charge in [-0.3, -0.25) is 0 Å². The van der Waals surface area contributed by atoms with Crippen LogP contribution in [0.3, 0.4) is 0 Å². The molecule has 0 bridgehead atoms. The van der Waals surface area contributed by atoms with Gasteiger partial charge >= 0.3 is 0 Å². The van der Waals surface area contributed by atoms with E-state index >= 15 is 0 Å². The summed E-state index contributed by atoms with van der Waals surface area (Å²) in [5.74, 6) is 2.62. The Morgan fingerprint density at radius 3 is 1.33 bits per heavy atom. The minimum Gasteiger partial charge on any atom is -0.497 e. The van der Waals surface area contributed by atoms with E-state index in [4.69, 9.17) is 14.2 Å². The molecular weight excluding hydrogens is 356 g/mol. The van der Waals surface area contributed by atoms with Gasteiger partial charge in [-0.1, -0.05) is 36.4 Å². The normalized spacial score (nSPS) is 17.2. The fourth-order valence-corrected chi connectivity index (χ4v) is 5.07. The van der Waals surface area contributed by atoms with Crippen LogP contribution in [-0.2, 0) is 4.75 Å². The first kappa shape index (κ1) is 17.8. The van der Waals surface area contributed by atoms with E-state index in [9.17, 15) is 0 Å². The molecule has 3 aromatic rings. The van der Waals surface area contributed by atoms with Gasteiger partial charge in [-0.2, -0.15) is 0 Å². The van der Waals surface area contributed by atoms with Crippen molar-refractivity contribution in [1.82, 2.24) is 0 Å². The first-order valence-corrected chi connectivity index (χ1v) is 9.70. The molecule has 138 valence electrons. The zero-order valence-corrected chi connectivity index (χ0v) is 16.5. The molecule has 1 heterocycles. The van der Waals surface area contributed by atoms with Crippen LogP contribution in [0, 0.1) is 0 Å². The van der Waals surface area contributed by atoms with Crippen LogP contribution in [0.15, 0.2) is 72.8 Å². The molecule has 4 heteroatoms. The maximum Gasteiger partial charge on any atom is 0.118 e. The number of thioether (sulfide) groups is 1. The highest BCUT2D eigenvalue weighted by Gasteiger charge is 2.58. The summed E-state index contributed by atoms with van der Waals surface area (Å²) >= 11 is 1.96. The summed E-state index contributed by atoms with van der Waals surface area (Å²) in [4.78, 5) is 0. The zero-order valence-electron chi connectivity index (χ0n) is 15.6. The van der Waals surface area contributed by atoms with Crippen LogP contribution in [0.5, 0.6) is 17.2 Å². The molecule has 1 aliphatic heterocycles. The van der Waals surface area contributed by atoms with E-state index in [1.54, 1.807) is 21.3 Å². The van der Waals surface area contributed by atoms with Crippen LogP contribution in [-0.4, -0.2) is 21.3 Å². The van der Waals surface area contributed by atoms with Crippen molar-refractivity contribution in [3.05, 3.63) is 89.5 Å². The lowest BCUT2D eigenvalue weighted by molar-refractivity contribution is 0.414. The molecule has 0 aromatic heterocycles. The van der Waals surface area contributed by atoms with E-state index in [2.05, 4.69) is 36.4 Å². The van der Waals surface area contributed by atoms with Gasteiger partial charge in [0.2, 0.25) is 0 Å². The third-order valence-corrected chi connectivity index (χ3v) is 6.76. The molecule has 1 aliphatic rings. The number of ether oxygens (including phenoxy) is 3. The highest BCUT2D eigenvalue weighted by atomic mass is 32.2. The van der Waals surface area contributed by atoms with Crippen molar-refractivity contribution in [2.45, 2.75) is 10.00 Å². The van der Waals surface area contributed by atoms with E-state index in [0.29, 0.717) is 5.25 Å². The Morgan fingerprint density at radius 2 is 0.963 bits per heavy atom. The molecule has 0 aliphatic carbocycles. The minimum atomic E-state index is -0.104. The number of rotatable bonds is 6. The Bertz CT molecular complexity index is 854. The van der Waals surface area contributed by atoms with Crippen molar-refractivity contribution in [1.29, 1.82) is 0 Å². The average molecular weight is 378 g/mol. The second-order valence-electron chi connectivity index (χ2n) is 6.46. The van der Waals surface area contributed by atoms with Gasteiger partial charge in [0.05, 0.1) is 31.3 Å². The molecule has 0 saturated carbocycles.